The molecule has 7 nitrogen and oxygen atoms in total. The molecule has 2 rings (SSSR count). The molecule has 2 amide bonds. The average Bonchev–Trinajstić information content (AvgIpc) is 2.94. The molecule has 0 saturated carbocycles. The Labute approximate surface area is 122 Å². The van der Waals surface area contributed by atoms with Crippen LogP contribution in [0.5, 0.6) is 0 Å². The number of hydrazine groups is 1. The number of ketones is 1. The Morgan fingerprint density at radius 1 is 1.40 bits per heavy atom. The van der Waals surface area contributed by atoms with E-state index in [4.69, 9.17) is 4.74 Å². The number of Topliss-reactive ketones (excluding diaryl/α,β-unsaturated/α-hetero) is 1. The molecule has 0 aromatic rings. The highest BCUT2D eigenvalue weighted by Crippen LogP contribution is 2.21. The first-order valence-corrected chi connectivity index (χ1v) is 7.46. The lowest BCUT2D eigenvalue weighted by Crippen LogP contribution is -2.50. The van der Waals surface area contributed by atoms with E-state index in [2.05, 4.69) is 4.83 Å². The maximum Gasteiger partial charge on any atom is 0.411 e. The van der Waals surface area contributed by atoms with Crippen LogP contribution in [0.4, 0.5) is 4.79 Å². The minimum absolute atomic E-state index is 0.0565. The Morgan fingerprint density at radius 2 is 2.10 bits per heavy atom. The van der Waals surface area contributed by atoms with Gasteiger partial charge in [0, 0.05) is 18.7 Å². The lowest BCUT2D eigenvalue weighted by atomic mass is 10.2. The van der Waals surface area contributed by atoms with Crippen molar-refractivity contribution in [3.8, 4) is 0 Å². The van der Waals surface area contributed by atoms with Gasteiger partial charge in [0.2, 0.25) is 0 Å². The molecule has 0 spiro atoms. The van der Waals surface area contributed by atoms with Gasteiger partial charge in [0.1, 0.15) is 11.6 Å². The van der Waals surface area contributed by atoms with Gasteiger partial charge in [0.15, 0.2) is 5.78 Å². The van der Waals surface area contributed by atoms with Crippen LogP contribution in [-0.2, 0) is 14.3 Å². The second-order valence-corrected chi connectivity index (χ2v) is 6.68. The number of carbonyl (C=O) groups excluding carboxylic acids is 3. The third-order valence-electron chi connectivity index (χ3n) is 2.91. The lowest BCUT2D eigenvalue weighted by Gasteiger charge is -2.29. The minimum Gasteiger partial charge on any atom is -0.444 e. The smallest absolute Gasteiger partial charge is 0.411 e. The molecule has 0 aromatic heterocycles. The molecular weight excluding hydrogens is 282 g/mol. The first-order chi connectivity index (χ1) is 9.28. The predicted octanol–water partition coefficient (Wildman–Crippen LogP) is 0.560. The highest BCUT2D eigenvalue weighted by Gasteiger charge is 2.43. The summed E-state index contributed by atoms with van der Waals surface area (Å²) in [6.07, 6.45) is -0.561. The van der Waals surface area contributed by atoms with E-state index >= 15 is 0 Å². The number of nitrogens with zero attached hydrogens (tertiary/aromatic N) is 2. The molecule has 0 aliphatic carbocycles. The van der Waals surface area contributed by atoms with Crippen molar-refractivity contribution < 1.29 is 19.1 Å². The number of amides is 2. The van der Waals surface area contributed by atoms with E-state index in [-0.39, 0.29) is 24.7 Å². The van der Waals surface area contributed by atoms with Gasteiger partial charge in [0.05, 0.1) is 6.54 Å². The standard InChI is InChI=1S/C12H19N3O4S/c1-12(2,3)19-11(18)14-7-8(16)6-9(14)10(17)15-4-5-20-13-15/h9,13H,4-7H2,1-3H3/t9-/m0/s1. The van der Waals surface area contributed by atoms with E-state index in [9.17, 15) is 14.4 Å². The summed E-state index contributed by atoms with van der Waals surface area (Å²) < 4.78 is 5.25. The molecule has 2 heterocycles. The molecule has 2 aliphatic rings. The van der Waals surface area contributed by atoms with Crippen LogP contribution in [0.2, 0.25) is 0 Å². The van der Waals surface area contributed by atoms with Gasteiger partial charge in [-0.1, -0.05) is 11.9 Å². The summed E-state index contributed by atoms with van der Waals surface area (Å²) in [6.45, 7) is 5.75. The number of nitrogens with one attached hydrogen (secondary N) is 1. The van der Waals surface area contributed by atoms with Crippen molar-refractivity contribution in [3.63, 3.8) is 0 Å². The van der Waals surface area contributed by atoms with Crippen molar-refractivity contribution in [2.45, 2.75) is 38.8 Å². The monoisotopic (exact) mass is 301 g/mol. The zero-order valence-electron chi connectivity index (χ0n) is 11.8. The number of likely N-dealkylation sites (tertiary alicyclic amines) is 1. The molecule has 1 atom stereocenters. The third-order valence-corrected chi connectivity index (χ3v) is 3.65. The summed E-state index contributed by atoms with van der Waals surface area (Å²) >= 11 is 1.43. The van der Waals surface area contributed by atoms with Crippen LogP contribution < -0.4 is 4.83 Å². The summed E-state index contributed by atoms with van der Waals surface area (Å²) in [5, 5.41) is 1.45. The average molecular weight is 301 g/mol. The maximum atomic E-state index is 12.3. The Balaban J connectivity index is 2.08. The van der Waals surface area contributed by atoms with Crippen molar-refractivity contribution in [1.29, 1.82) is 0 Å². The second-order valence-electron chi connectivity index (χ2n) is 5.80. The first-order valence-electron chi connectivity index (χ1n) is 6.48. The topological polar surface area (TPSA) is 79.0 Å². The van der Waals surface area contributed by atoms with Crippen LogP contribution in [0.1, 0.15) is 27.2 Å². The summed E-state index contributed by atoms with van der Waals surface area (Å²) in [5.74, 6) is 0.409. The largest absolute Gasteiger partial charge is 0.444 e. The molecule has 1 N–H and O–H groups in total. The Hall–Kier alpha value is -1.28. The summed E-state index contributed by atoms with van der Waals surface area (Å²) in [7, 11) is 0. The van der Waals surface area contributed by atoms with E-state index in [1.54, 1.807) is 20.8 Å². The fraction of sp³-hybridized carbons (Fsp3) is 0.750. The molecule has 2 fully saturated rings. The quantitative estimate of drug-likeness (QED) is 0.713. The summed E-state index contributed by atoms with van der Waals surface area (Å²) in [5.41, 5.74) is -0.655. The van der Waals surface area contributed by atoms with Gasteiger partial charge in [-0.25, -0.2) is 4.79 Å². The molecule has 8 heteroatoms. The van der Waals surface area contributed by atoms with Gasteiger partial charge < -0.3 is 4.74 Å². The first kappa shape index (κ1) is 15.1. The Kier molecular flexibility index (Phi) is 4.24. The molecule has 2 saturated heterocycles. The highest BCUT2D eigenvalue weighted by molar-refractivity contribution is 7.97. The van der Waals surface area contributed by atoms with Crippen LogP contribution in [-0.4, -0.2) is 58.2 Å². The van der Waals surface area contributed by atoms with Crippen molar-refractivity contribution in [2.75, 3.05) is 18.8 Å². The van der Waals surface area contributed by atoms with E-state index in [0.29, 0.717) is 6.54 Å². The van der Waals surface area contributed by atoms with E-state index in [1.807, 2.05) is 0 Å². The molecule has 0 bridgehead atoms. The zero-order valence-corrected chi connectivity index (χ0v) is 12.7. The number of ether oxygens (including phenoxy) is 1. The molecule has 0 unspecified atom stereocenters. The van der Waals surface area contributed by atoms with Crippen molar-refractivity contribution in [3.05, 3.63) is 0 Å². The fourth-order valence-corrected chi connectivity index (χ4v) is 2.77. The number of hydrogen-bond donors (Lipinski definition) is 1. The van der Waals surface area contributed by atoms with Crippen LogP contribution in [0, 0.1) is 0 Å². The summed E-state index contributed by atoms with van der Waals surface area (Å²) in [6, 6.07) is -0.761. The molecular formula is C12H19N3O4S. The Morgan fingerprint density at radius 3 is 2.65 bits per heavy atom. The molecule has 0 radical (unpaired) electrons. The number of rotatable bonds is 1. The van der Waals surface area contributed by atoms with Gasteiger partial charge in [-0.05, 0) is 20.8 Å². The molecule has 0 aromatic carbocycles. The lowest BCUT2D eigenvalue weighted by molar-refractivity contribution is -0.136. The van der Waals surface area contributed by atoms with Crippen molar-refractivity contribution in [2.24, 2.45) is 0 Å². The third kappa shape index (κ3) is 3.43. The number of carbonyl (C=O) groups is 3. The van der Waals surface area contributed by atoms with Crippen LogP contribution in [0.3, 0.4) is 0 Å². The second kappa shape index (κ2) is 5.61. The van der Waals surface area contributed by atoms with Crippen LogP contribution in [0.25, 0.3) is 0 Å². The van der Waals surface area contributed by atoms with Crippen LogP contribution in [0.15, 0.2) is 0 Å². The van der Waals surface area contributed by atoms with Gasteiger partial charge in [-0.2, -0.15) is 4.83 Å². The number of hydrogen-bond acceptors (Lipinski definition) is 6. The van der Waals surface area contributed by atoms with Crippen molar-refractivity contribution >= 4 is 29.7 Å². The molecule has 20 heavy (non-hydrogen) atoms. The highest BCUT2D eigenvalue weighted by atomic mass is 32.2. The van der Waals surface area contributed by atoms with Gasteiger partial charge >= 0.3 is 6.09 Å². The van der Waals surface area contributed by atoms with Crippen LogP contribution >= 0.6 is 11.9 Å². The SMILES string of the molecule is CC(C)(C)OC(=O)N1CC(=O)C[C@H]1C(=O)N1CCSN1. The fourth-order valence-electron chi connectivity index (χ4n) is 2.06. The molecule has 2 aliphatic heterocycles. The maximum absolute atomic E-state index is 12.3. The van der Waals surface area contributed by atoms with Gasteiger partial charge in [0.25, 0.3) is 5.91 Å². The van der Waals surface area contributed by atoms with Gasteiger partial charge in [-0.3, -0.25) is 19.5 Å². The van der Waals surface area contributed by atoms with Gasteiger partial charge in [-0.15, -0.1) is 0 Å². The van der Waals surface area contributed by atoms with E-state index in [1.165, 1.54) is 21.9 Å². The molecule has 112 valence electrons. The normalized spacial score (nSPS) is 23.4. The minimum atomic E-state index is -0.761. The van der Waals surface area contributed by atoms with Crippen molar-refractivity contribution in [1.82, 2.24) is 14.7 Å². The Bertz CT molecular complexity index is 429. The zero-order chi connectivity index (χ0) is 14.9. The van der Waals surface area contributed by atoms with E-state index in [0.717, 1.165) is 5.75 Å². The predicted molar refractivity (Wildman–Crippen MR) is 73.7 cm³/mol. The summed E-state index contributed by atoms with van der Waals surface area (Å²) in [4.78, 5) is 40.1. The van der Waals surface area contributed by atoms with E-state index < -0.39 is 17.7 Å².